The fraction of sp³-hybridized carbons (Fsp3) is 0.444. The van der Waals surface area contributed by atoms with E-state index in [1.807, 2.05) is 29.9 Å². The SMILES string of the molecule is Cn1cccc1C(=O)NC1CNC1. The maximum Gasteiger partial charge on any atom is 0.268 e. The number of hydrogen-bond donors (Lipinski definition) is 2. The van der Waals surface area contributed by atoms with E-state index in [2.05, 4.69) is 10.6 Å². The average molecular weight is 179 g/mol. The highest BCUT2D eigenvalue weighted by Crippen LogP contribution is 2.00. The van der Waals surface area contributed by atoms with E-state index in [0.29, 0.717) is 11.7 Å². The summed E-state index contributed by atoms with van der Waals surface area (Å²) in [4.78, 5) is 11.6. The largest absolute Gasteiger partial charge is 0.347 e. The van der Waals surface area contributed by atoms with Crippen LogP contribution in [-0.4, -0.2) is 29.6 Å². The molecule has 13 heavy (non-hydrogen) atoms. The number of nitrogens with one attached hydrogen (secondary N) is 2. The lowest BCUT2D eigenvalue weighted by molar-refractivity contribution is 0.0915. The van der Waals surface area contributed by atoms with Gasteiger partial charge in [-0.3, -0.25) is 4.79 Å². The maximum atomic E-state index is 11.6. The normalized spacial score (nSPS) is 16.7. The average Bonchev–Trinajstić information content (AvgIpc) is 2.43. The Balaban J connectivity index is 2.00. The summed E-state index contributed by atoms with van der Waals surface area (Å²) < 4.78 is 1.82. The third-order valence-electron chi connectivity index (χ3n) is 2.29. The zero-order valence-corrected chi connectivity index (χ0v) is 7.58. The van der Waals surface area contributed by atoms with Gasteiger partial charge in [-0.1, -0.05) is 0 Å². The van der Waals surface area contributed by atoms with Crippen molar-refractivity contribution in [3.63, 3.8) is 0 Å². The van der Waals surface area contributed by atoms with Crippen LogP contribution in [0.5, 0.6) is 0 Å². The zero-order valence-electron chi connectivity index (χ0n) is 7.58. The molecule has 1 aromatic rings. The van der Waals surface area contributed by atoms with Crippen LogP contribution in [0.1, 0.15) is 10.5 Å². The molecule has 1 aliphatic rings. The number of amides is 1. The van der Waals surface area contributed by atoms with Gasteiger partial charge in [0.05, 0.1) is 6.04 Å². The van der Waals surface area contributed by atoms with E-state index >= 15 is 0 Å². The molecule has 2 N–H and O–H groups in total. The fourth-order valence-electron chi connectivity index (χ4n) is 1.35. The smallest absolute Gasteiger partial charge is 0.268 e. The minimum Gasteiger partial charge on any atom is -0.347 e. The van der Waals surface area contributed by atoms with E-state index in [9.17, 15) is 4.79 Å². The summed E-state index contributed by atoms with van der Waals surface area (Å²) in [6.45, 7) is 1.77. The van der Waals surface area contributed by atoms with Crippen molar-refractivity contribution < 1.29 is 4.79 Å². The molecule has 0 aliphatic carbocycles. The Labute approximate surface area is 76.9 Å². The first-order chi connectivity index (χ1) is 6.27. The highest BCUT2D eigenvalue weighted by molar-refractivity contribution is 5.93. The van der Waals surface area contributed by atoms with Gasteiger partial charge in [0.25, 0.3) is 5.91 Å². The summed E-state index contributed by atoms with van der Waals surface area (Å²) in [6.07, 6.45) is 1.87. The molecular formula is C9H13N3O. The minimum absolute atomic E-state index is 0.0130. The van der Waals surface area contributed by atoms with Crippen LogP contribution in [0.15, 0.2) is 18.3 Å². The van der Waals surface area contributed by atoms with Crippen molar-refractivity contribution in [3.05, 3.63) is 24.0 Å². The van der Waals surface area contributed by atoms with E-state index < -0.39 is 0 Å². The quantitative estimate of drug-likeness (QED) is 0.656. The van der Waals surface area contributed by atoms with Gasteiger partial charge in [0, 0.05) is 26.3 Å². The van der Waals surface area contributed by atoms with Crippen LogP contribution in [-0.2, 0) is 7.05 Å². The number of aromatic nitrogens is 1. The van der Waals surface area contributed by atoms with Gasteiger partial charge in [-0.2, -0.15) is 0 Å². The van der Waals surface area contributed by atoms with E-state index in [1.165, 1.54) is 0 Å². The topological polar surface area (TPSA) is 46.1 Å². The highest BCUT2D eigenvalue weighted by atomic mass is 16.2. The molecule has 0 radical (unpaired) electrons. The number of carbonyl (C=O) groups excluding carboxylic acids is 1. The van der Waals surface area contributed by atoms with Gasteiger partial charge < -0.3 is 15.2 Å². The summed E-state index contributed by atoms with van der Waals surface area (Å²) in [5.74, 6) is 0.0130. The molecule has 0 spiro atoms. The van der Waals surface area contributed by atoms with E-state index in [0.717, 1.165) is 13.1 Å². The Morgan fingerprint density at radius 2 is 2.46 bits per heavy atom. The maximum absolute atomic E-state index is 11.6. The van der Waals surface area contributed by atoms with E-state index in [1.54, 1.807) is 0 Å². The number of rotatable bonds is 2. The third kappa shape index (κ3) is 1.58. The number of aryl methyl sites for hydroxylation is 1. The summed E-state index contributed by atoms with van der Waals surface area (Å²) in [7, 11) is 1.87. The molecule has 0 saturated carbocycles. The molecule has 1 fully saturated rings. The number of nitrogens with zero attached hydrogens (tertiary/aromatic N) is 1. The molecular weight excluding hydrogens is 166 g/mol. The lowest BCUT2D eigenvalue weighted by Gasteiger charge is -2.27. The molecule has 0 aromatic carbocycles. The number of carbonyl (C=O) groups is 1. The van der Waals surface area contributed by atoms with Crippen molar-refractivity contribution >= 4 is 5.91 Å². The molecule has 1 aliphatic heterocycles. The molecule has 70 valence electrons. The second-order valence-electron chi connectivity index (χ2n) is 3.33. The molecule has 1 saturated heterocycles. The molecule has 2 rings (SSSR count). The van der Waals surface area contributed by atoms with Crippen molar-refractivity contribution in [2.75, 3.05) is 13.1 Å². The van der Waals surface area contributed by atoms with Gasteiger partial charge in [-0.25, -0.2) is 0 Å². The molecule has 4 nitrogen and oxygen atoms in total. The first-order valence-electron chi connectivity index (χ1n) is 4.40. The van der Waals surface area contributed by atoms with Crippen molar-refractivity contribution in [1.29, 1.82) is 0 Å². The van der Waals surface area contributed by atoms with E-state index in [-0.39, 0.29) is 5.91 Å². The lowest BCUT2D eigenvalue weighted by Crippen LogP contribution is -2.57. The van der Waals surface area contributed by atoms with Gasteiger partial charge in [0.2, 0.25) is 0 Å². The van der Waals surface area contributed by atoms with Crippen molar-refractivity contribution in [2.45, 2.75) is 6.04 Å². The second-order valence-corrected chi connectivity index (χ2v) is 3.33. The standard InChI is InChI=1S/C9H13N3O/c1-12-4-2-3-8(12)9(13)11-7-5-10-6-7/h2-4,7,10H,5-6H2,1H3,(H,11,13). The molecule has 1 aromatic heterocycles. The molecule has 0 bridgehead atoms. The Hall–Kier alpha value is -1.29. The Morgan fingerprint density at radius 3 is 2.92 bits per heavy atom. The third-order valence-corrected chi connectivity index (χ3v) is 2.29. The lowest BCUT2D eigenvalue weighted by atomic mass is 10.2. The highest BCUT2D eigenvalue weighted by Gasteiger charge is 2.20. The van der Waals surface area contributed by atoms with Crippen LogP contribution < -0.4 is 10.6 Å². The summed E-state index contributed by atoms with van der Waals surface area (Å²) in [5.41, 5.74) is 0.715. The summed E-state index contributed by atoms with van der Waals surface area (Å²) in [6, 6.07) is 4.00. The van der Waals surface area contributed by atoms with Crippen LogP contribution >= 0.6 is 0 Å². The summed E-state index contributed by atoms with van der Waals surface area (Å²) in [5, 5.41) is 6.04. The Kier molecular flexibility index (Phi) is 2.06. The van der Waals surface area contributed by atoms with Gasteiger partial charge in [0.1, 0.15) is 5.69 Å². The zero-order chi connectivity index (χ0) is 9.26. The van der Waals surface area contributed by atoms with Crippen LogP contribution in [0.25, 0.3) is 0 Å². The van der Waals surface area contributed by atoms with Crippen LogP contribution in [0.2, 0.25) is 0 Å². The van der Waals surface area contributed by atoms with Gasteiger partial charge >= 0.3 is 0 Å². The van der Waals surface area contributed by atoms with Crippen molar-refractivity contribution in [2.24, 2.45) is 7.05 Å². The van der Waals surface area contributed by atoms with Crippen molar-refractivity contribution in [3.8, 4) is 0 Å². The molecule has 1 amide bonds. The summed E-state index contributed by atoms with van der Waals surface area (Å²) >= 11 is 0. The van der Waals surface area contributed by atoms with Crippen LogP contribution in [0.4, 0.5) is 0 Å². The Morgan fingerprint density at radius 1 is 1.69 bits per heavy atom. The number of hydrogen-bond acceptors (Lipinski definition) is 2. The molecule has 0 unspecified atom stereocenters. The Bertz CT molecular complexity index is 314. The first kappa shape index (κ1) is 8.31. The first-order valence-corrected chi connectivity index (χ1v) is 4.40. The second kappa shape index (κ2) is 3.22. The fourth-order valence-corrected chi connectivity index (χ4v) is 1.35. The predicted octanol–water partition coefficient (Wildman–Crippen LogP) is -0.273. The molecule has 0 atom stereocenters. The predicted molar refractivity (Wildman–Crippen MR) is 49.5 cm³/mol. The molecule has 4 heteroatoms. The van der Waals surface area contributed by atoms with Crippen LogP contribution in [0, 0.1) is 0 Å². The van der Waals surface area contributed by atoms with Crippen LogP contribution in [0.3, 0.4) is 0 Å². The van der Waals surface area contributed by atoms with Crippen molar-refractivity contribution in [1.82, 2.24) is 15.2 Å². The van der Waals surface area contributed by atoms with Gasteiger partial charge in [-0.15, -0.1) is 0 Å². The van der Waals surface area contributed by atoms with E-state index in [4.69, 9.17) is 0 Å². The van der Waals surface area contributed by atoms with Gasteiger partial charge in [0.15, 0.2) is 0 Å². The monoisotopic (exact) mass is 179 g/mol. The minimum atomic E-state index is 0.0130. The molecule has 2 heterocycles. The van der Waals surface area contributed by atoms with Gasteiger partial charge in [-0.05, 0) is 12.1 Å².